The van der Waals surface area contributed by atoms with Crippen molar-refractivity contribution in [3.8, 4) is 0 Å². The van der Waals surface area contributed by atoms with E-state index >= 15 is 0 Å². The number of anilines is 2. The molecule has 2 aromatic heterocycles. The molecule has 0 spiro atoms. The van der Waals surface area contributed by atoms with Gasteiger partial charge in [-0.25, -0.2) is 15.0 Å². The first kappa shape index (κ1) is 28.4. The van der Waals surface area contributed by atoms with Gasteiger partial charge in [0, 0.05) is 43.7 Å². The second-order valence-electron chi connectivity index (χ2n) is 9.34. The van der Waals surface area contributed by atoms with E-state index in [9.17, 15) is 14.4 Å². The summed E-state index contributed by atoms with van der Waals surface area (Å²) >= 11 is 2.20. The lowest BCUT2D eigenvalue weighted by molar-refractivity contribution is -0.122. The molecule has 196 valence electrons. The zero-order chi connectivity index (χ0) is 27.4. The van der Waals surface area contributed by atoms with Crippen molar-refractivity contribution < 1.29 is 14.4 Å². The van der Waals surface area contributed by atoms with E-state index in [4.69, 9.17) is 4.98 Å². The summed E-state index contributed by atoms with van der Waals surface area (Å²) in [6.45, 7) is 5.32. The molecule has 3 rings (SSSR count). The third kappa shape index (κ3) is 6.76. The van der Waals surface area contributed by atoms with Crippen molar-refractivity contribution in [2.45, 2.75) is 46.2 Å². The first-order valence-electron chi connectivity index (χ1n) is 11.8. The monoisotopic (exact) mass is 617 g/mol. The van der Waals surface area contributed by atoms with Crippen LogP contribution in [0.25, 0.3) is 11.2 Å². The molecule has 0 radical (unpaired) electrons. The number of aryl methyl sites for hydroxylation is 1. The molecule has 0 unspecified atom stereocenters. The topological polar surface area (TPSA) is 112 Å². The number of halogens is 1. The molecule has 1 amide bonds. The van der Waals surface area contributed by atoms with Crippen LogP contribution in [0.5, 0.6) is 0 Å². The number of amides is 1. The lowest BCUT2D eigenvalue weighted by Crippen LogP contribution is -2.41. The van der Waals surface area contributed by atoms with Crippen molar-refractivity contribution in [3.05, 3.63) is 44.9 Å². The van der Waals surface area contributed by atoms with E-state index < -0.39 is 6.04 Å². The van der Waals surface area contributed by atoms with Crippen LogP contribution in [0, 0.1) is 10.5 Å². The summed E-state index contributed by atoms with van der Waals surface area (Å²) in [5, 5.41) is 0. The number of carbonyl (C=O) groups excluding carboxylic acids is 3. The van der Waals surface area contributed by atoms with Crippen LogP contribution in [0.3, 0.4) is 0 Å². The Bertz CT molecular complexity index is 1350. The van der Waals surface area contributed by atoms with Crippen molar-refractivity contribution in [3.63, 3.8) is 0 Å². The van der Waals surface area contributed by atoms with Crippen molar-refractivity contribution in [1.29, 1.82) is 0 Å². The minimum absolute atomic E-state index is 0.00820. The van der Waals surface area contributed by atoms with Gasteiger partial charge in [-0.15, -0.1) is 0 Å². The molecule has 0 bridgehead atoms. The Morgan fingerprint density at radius 2 is 1.73 bits per heavy atom. The van der Waals surface area contributed by atoms with E-state index in [2.05, 4.69) is 37.5 Å². The highest BCUT2D eigenvalue weighted by atomic mass is 127. The predicted molar refractivity (Wildman–Crippen MR) is 152 cm³/mol. The van der Waals surface area contributed by atoms with Gasteiger partial charge in [-0.3, -0.25) is 9.59 Å². The van der Waals surface area contributed by atoms with Crippen LogP contribution in [-0.2, 0) is 16.1 Å². The lowest BCUT2D eigenvalue weighted by Gasteiger charge is -2.27. The van der Waals surface area contributed by atoms with Crippen molar-refractivity contribution in [1.82, 2.24) is 24.8 Å². The molecule has 0 aliphatic rings. The van der Waals surface area contributed by atoms with Gasteiger partial charge >= 0.3 is 0 Å². The Hall–Kier alpha value is -3.22. The van der Waals surface area contributed by atoms with Crippen LogP contribution < -0.4 is 9.80 Å². The van der Waals surface area contributed by atoms with Crippen molar-refractivity contribution in [2.24, 2.45) is 0 Å². The maximum absolute atomic E-state index is 13.1. The summed E-state index contributed by atoms with van der Waals surface area (Å²) in [6, 6.07) is 4.80. The average molecular weight is 617 g/mol. The molecular formula is C26H32IN7O3. The van der Waals surface area contributed by atoms with Gasteiger partial charge in [0.1, 0.15) is 11.3 Å². The minimum atomic E-state index is -0.635. The highest BCUT2D eigenvalue weighted by molar-refractivity contribution is 14.1. The average Bonchev–Trinajstić information content (AvgIpc) is 2.83. The van der Waals surface area contributed by atoms with E-state index in [-0.39, 0.29) is 23.9 Å². The van der Waals surface area contributed by atoms with E-state index in [1.807, 2.05) is 43.9 Å². The Kier molecular flexibility index (Phi) is 9.11. The largest absolute Gasteiger partial charge is 0.368 e. The van der Waals surface area contributed by atoms with Gasteiger partial charge in [-0.05, 0) is 68.0 Å². The standard InChI is InChI=1S/C26H32IN7O3/c1-15(35)8-10-21(17(3)36)34(7)25(37)18-9-11-22(20(27)12-18)33(6)14-19-13-28-24-23(30-19)16(2)29-26(31-24)32(4)5/h9,11-13,21H,8,10,14H2,1-7H3/t21-/m0/s1. The molecule has 0 saturated heterocycles. The minimum Gasteiger partial charge on any atom is -0.368 e. The normalized spacial score (nSPS) is 11.8. The van der Waals surface area contributed by atoms with Crippen LogP contribution in [0.1, 0.15) is 48.4 Å². The fourth-order valence-electron chi connectivity index (χ4n) is 3.98. The second-order valence-corrected chi connectivity index (χ2v) is 10.5. The van der Waals surface area contributed by atoms with Crippen LogP contribution in [0.4, 0.5) is 11.6 Å². The third-order valence-corrected chi connectivity index (χ3v) is 6.92. The van der Waals surface area contributed by atoms with Gasteiger partial charge < -0.3 is 19.5 Å². The van der Waals surface area contributed by atoms with Gasteiger partial charge in [-0.2, -0.15) is 4.98 Å². The number of fused-ring (bicyclic) bond motifs is 1. The van der Waals surface area contributed by atoms with Crippen molar-refractivity contribution >= 4 is 62.9 Å². The SMILES string of the molecule is CC(=O)CC[C@@H](C(C)=O)N(C)C(=O)c1ccc(N(C)Cc2cnc3nc(N(C)C)nc(C)c3n2)c(I)c1. The van der Waals surface area contributed by atoms with Crippen LogP contribution in [0.2, 0.25) is 0 Å². The molecule has 3 aromatic rings. The maximum Gasteiger partial charge on any atom is 0.254 e. The molecule has 0 fully saturated rings. The van der Waals surface area contributed by atoms with Gasteiger partial charge in [0.05, 0.1) is 35.9 Å². The van der Waals surface area contributed by atoms with Crippen molar-refractivity contribution in [2.75, 3.05) is 38.0 Å². The number of Topliss-reactive ketones (excluding diaryl/α,β-unsaturated/α-hetero) is 2. The molecule has 11 heteroatoms. The number of nitrogens with zero attached hydrogens (tertiary/aromatic N) is 7. The summed E-state index contributed by atoms with van der Waals surface area (Å²) in [5.41, 5.74) is 4.16. The summed E-state index contributed by atoms with van der Waals surface area (Å²) in [5.74, 6) is 0.181. The van der Waals surface area contributed by atoms with E-state index in [1.165, 1.54) is 18.7 Å². The fourth-order valence-corrected chi connectivity index (χ4v) is 4.90. The molecular weight excluding hydrogens is 585 g/mol. The van der Waals surface area contributed by atoms with Crippen LogP contribution in [0.15, 0.2) is 24.4 Å². The number of hydrogen-bond donors (Lipinski definition) is 0. The van der Waals surface area contributed by atoms with Gasteiger partial charge in [0.15, 0.2) is 11.4 Å². The zero-order valence-corrected chi connectivity index (χ0v) is 24.4. The molecule has 2 heterocycles. The molecule has 0 aliphatic carbocycles. The highest BCUT2D eigenvalue weighted by Crippen LogP contribution is 2.26. The Morgan fingerprint density at radius 3 is 2.32 bits per heavy atom. The Labute approximate surface area is 230 Å². The summed E-state index contributed by atoms with van der Waals surface area (Å²) in [7, 11) is 7.31. The number of aromatic nitrogens is 4. The number of carbonyl (C=O) groups is 3. The first-order chi connectivity index (χ1) is 17.4. The number of rotatable bonds is 10. The number of likely N-dealkylation sites (N-methyl/N-ethyl adjacent to an activating group) is 1. The van der Waals surface area contributed by atoms with Crippen LogP contribution in [-0.4, -0.2) is 76.5 Å². The molecule has 1 atom stereocenters. The zero-order valence-electron chi connectivity index (χ0n) is 22.2. The molecule has 0 N–H and O–H groups in total. The molecule has 0 saturated carbocycles. The predicted octanol–water partition coefficient (Wildman–Crippen LogP) is 3.43. The highest BCUT2D eigenvalue weighted by Gasteiger charge is 2.25. The second kappa shape index (κ2) is 11.9. The summed E-state index contributed by atoms with van der Waals surface area (Å²) < 4.78 is 0.881. The van der Waals surface area contributed by atoms with E-state index in [0.29, 0.717) is 35.6 Å². The van der Waals surface area contributed by atoms with E-state index in [0.717, 1.165) is 20.6 Å². The number of hydrogen-bond acceptors (Lipinski definition) is 9. The lowest BCUT2D eigenvalue weighted by atomic mass is 10.0. The maximum atomic E-state index is 13.1. The Balaban J connectivity index is 1.78. The van der Waals surface area contributed by atoms with Gasteiger partial charge in [0.2, 0.25) is 5.95 Å². The summed E-state index contributed by atoms with van der Waals surface area (Å²) in [4.78, 5) is 60.1. The molecule has 10 nitrogen and oxygen atoms in total. The third-order valence-electron chi connectivity index (χ3n) is 6.05. The molecule has 37 heavy (non-hydrogen) atoms. The number of benzene rings is 1. The number of ketones is 2. The van der Waals surface area contributed by atoms with E-state index in [1.54, 1.807) is 25.4 Å². The van der Waals surface area contributed by atoms with Gasteiger partial charge in [0.25, 0.3) is 5.91 Å². The smallest absolute Gasteiger partial charge is 0.254 e. The van der Waals surface area contributed by atoms with Gasteiger partial charge in [-0.1, -0.05) is 0 Å². The summed E-state index contributed by atoms with van der Waals surface area (Å²) in [6.07, 6.45) is 2.29. The molecule has 1 aromatic carbocycles. The fraction of sp³-hybridized carbons (Fsp3) is 0.423. The Morgan fingerprint density at radius 1 is 1.03 bits per heavy atom. The first-order valence-corrected chi connectivity index (χ1v) is 12.9. The van der Waals surface area contributed by atoms with Crippen LogP contribution >= 0.6 is 22.6 Å². The quantitative estimate of drug-likeness (QED) is 0.316. The molecule has 0 aliphatic heterocycles.